The summed E-state index contributed by atoms with van der Waals surface area (Å²) in [5, 5.41) is 3.96. The fourth-order valence-corrected chi connectivity index (χ4v) is 3.13. The van der Waals surface area contributed by atoms with Crippen molar-refractivity contribution in [1.82, 2.24) is 15.0 Å². The summed E-state index contributed by atoms with van der Waals surface area (Å²) in [5.74, 6) is 0.195. The Bertz CT molecular complexity index is 1170. The molecule has 1 aromatic carbocycles. The van der Waals surface area contributed by atoms with Crippen molar-refractivity contribution in [1.29, 1.82) is 0 Å². The molecular formula is C22H17F3N4O. The number of pyridine rings is 2. The fourth-order valence-electron chi connectivity index (χ4n) is 3.13. The number of carbonyl (C=O) groups excluding carboxylic acids is 1. The van der Waals surface area contributed by atoms with E-state index in [1.165, 1.54) is 12.1 Å². The zero-order chi connectivity index (χ0) is 21.1. The first kappa shape index (κ1) is 19.6. The van der Waals surface area contributed by atoms with E-state index in [4.69, 9.17) is 0 Å². The minimum atomic E-state index is -4.42. The first-order chi connectivity index (χ1) is 14.4. The van der Waals surface area contributed by atoms with Crippen LogP contribution in [0.15, 0.2) is 67.1 Å². The van der Waals surface area contributed by atoms with E-state index in [1.807, 2.05) is 24.4 Å². The normalized spacial score (nSPS) is 11.6. The van der Waals surface area contributed by atoms with Crippen LogP contribution in [0.1, 0.15) is 27.0 Å². The molecule has 0 saturated heterocycles. The van der Waals surface area contributed by atoms with Gasteiger partial charge < -0.3 is 10.3 Å². The molecule has 30 heavy (non-hydrogen) atoms. The number of Topliss-reactive ketones (excluding diaryl/α,β-unsaturated/α-hetero) is 1. The third kappa shape index (κ3) is 4.32. The van der Waals surface area contributed by atoms with Crippen LogP contribution < -0.4 is 5.32 Å². The molecule has 5 nitrogen and oxygen atoms in total. The van der Waals surface area contributed by atoms with Gasteiger partial charge in [0.1, 0.15) is 11.5 Å². The van der Waals surface area contributed by atoms with Gasteiger partial charge in [-0.25, -0.2) is 9.97 Å². The van der Waals surface area contributed by atoms with E-state index < -0.39 is 11.7 Å². The molecular weight excluding hydrogens is 393 g/mol. The van der Waals surface area contributed by atoms with E-state index in [0.717, 1.165) is 34.3 Å². The van der Waals surface area contributed by atoms with Crippen molar-refractivity contribution in [3.63, 3.8) is 0 Å². The van der Waals surface area contributed by atoms with Gasteiger partial charge in [0.05, 0.1) is 12.1 Å². The molecule has 152 valence electrons. The molecule has 0 amide bonds. The molecule has 2 N–H and O–H groups in total. The highest BCUT2D eigenvalue weighted by molar-refractivity contribution is 5.98. The van der Waals surface area contributed by atoms with Gasteiger partial charge in [0.15, 0.2) is 5.78 Å². The molecule has 0 aliphatic carbocycles. The predicted molar refractivity (Wildman–Crippen MR) is 107 cm³/mol. The van der Waals surface area contributed by atoms with Crippen molar-refractivity contribution in [2.45, 2.75) is 12.6 Å². The molecule has 0 spiro atoms. The summed E-state index contributed by atoms with van der Waals surface area (Å²) in [5.41, 5.74) is 2.37. The number of aromatic amines is 1. The number of H-pyrrole nitrogens is 1. The highest BCUT2D eigenvalue weighted by atomic mass is 19.4. The lowest BCUT2D eigenvalue weighted by Crippen LogP contribution is -2.15. The number of carbonyl (C=O) groups is 1. The SMILES string of the molecule is O=C(CNc1ccc(Cc2c[nH]c3ncccc23)cn1)c1ccc(C(F)(F)F)cc1. The first-order valence-corrected chi connectivity index (χ1v) is 9.20. The number of nitrogens with zero attached hydrogens (tertiary/aromatic N) is 2. The summed E-state index contributed by atoms with van der Waals surface area (Å²) in [7, 11) is 0. The Hall–Kier alpha value is -3.68. The van der Waals surface area contributed by atoms with Crippen LogP contribution in [0.2, 0.25) is 0 Å². The van der Waals surface area contributed by atoms with Crippen molar-refractivity contribution in [2.24, 2.45) is 0 Å². The van der Waals surface area contributed by atoms with Crippen LogP contribution in [-0.2, 0) is 12.6 Å². The Labute approximate surface area is 170 Å². The van der Waals surface area contributed by atoms with Crippen LogP contribution in [0.5, 0.6) is 0 Å². The third-order valence-corrected chi connectivity index (χ3v) is 4.72. The first-order valence-electron chi connectivity index (χ1n) is 9.20. The monoisotopic (exact) mass is 410 g/mol. The van der Waals surface area contributed by atoms with Gasteiger partial charge in [-0.05, 0) is 41.5 Å². The van der Waals surface area contributed by atoms with E-state index in [1.54, 1.807) is 18.5 Å². The Morgan fingerprint density at radius 2 is 1.83 bits per heavy atom. The number of anilines is 1. The zero-order valence-electron chi connectivity index (χ0n) is 15.7. The number of alkyl halides is 3. The number of nitrogens with one attached hydrogen (secondary N) is 2. The number of hydrogen-bond acceptors (Lipinski definition) is 4. The summed E-state index contributed by atoms with van der Waals surface area (Å²) in [6.07, 6.45) is 1.64. The number of hydrogen-bond donors (Lipinski definition) is 2. The molecule has 0 bridgehead atoms. The lowest BCUT2D eigenvalue weighted by molar-refractivity contribution is -0.137. The molecule has 3 heterocycles. The van der Waals surface area contributed by atoms with Gasteiger partial charge in [-0.3, -0.25) is 4.79 Å². The van der Waals surface area contributed by atoms with Gasteiger partial charge in [0.2, 0.25) is 0 Å². The summed E-state index contributed by atoms with van der Waals surface area (Å²) >= 11 is 0. The smallest absolute Gasteiger partial charge is 0.363 e. The number of fused-ring (bicyclic) bond motifs is 1. The molecule has 0 fully saturated rings. The Morgan fingerprint density at radius 1 is 1.03 bits per heavy atom. The van der Waals surface area contributed by atoms with Gasteiger partial charge in [-0.2, -0.15) is 13.2 Å². The van der Waals surface area contributed by atoms with Crippen LogP contribution in [0.3, 0.4) is 0 Å². The topological polar surface area (TPSA) is 70.7 Å². The summed E-state index contributed by atoms with van der Waals surface area (Å²) in [6, 6.07) is 11.7. The highest BCUT2D eigenvalue weighted by Crippen LogP contribution is 2.29. The van der Waals surface area contributed by atoms with E-state index in [2.05, 4.69) is 20.3 Å². The van der Waals surface area contributed by atoms with Crippen molar-refractivity contribution < 1.29 is 18.0 Å². The van der Waals surface area contributed by atoms with Gasteiger partial charge in [0.25, 0.3) is 0 Å². The quantitative estimate of drug-likeness (QED) is 0.445. The van der Waals surface area contributed by atoms with Crippen LogP contribution in [0, 0.1) is 0 Å². The number of halogens is 3. The average Bonchev–Trinajstić information content (AvgIpc) is 3.15. The van der Waals surface area contributed by atoms with Crippen molar-refractivity contribution in [3.8, 4) is 0 Å². The second-order valence-electron chi connectivity index (χ2n) is 6.79. The maximum absolute atomic E-state index is 12.6. The van der Waals surface area contributed by atoms with E-state index in [9.17, 15) is 18.0 Å². The van der Waals surface area contributed by atoms with Crippen molar-refractivity contribution in [2.75, 3.05) is 11.9 Å². The molecule has 0 unspecified atom stereocenters. The second-order valence-corrected chi connectivity index (χ2v) is 6.79. The van der Waals surface area contributed by atoms with E-state index >= 15 is 0 Å². The fraction of sp³-hybridized carbons (Fsp3) is 0.136. The van der Waals surface area contributed by atoms with E-state index in [0.29, 0.717) is 12.2 Å². The Kier molecular flexibility index (Phi) is 5.22. The summed E-state index contributed by atoms with van der Waals surface area (Å²) in [6.45, 7) is -0.0637. The molecule has 8 heteroatoms. The van der Waals surface area contributed by atoms with E-state index in [-0.39, 0.29) is 17.9 Å². The lowest BCUT2D eigenvalue weighted by Gasteiger charge is -2.08. The molecule has 4 aromatic rings. The van der Waals surface area contributed by atoms with Crippen LogP contribution >= 0.6 is 0 Å². The molecule has 4 rings (SSSR count). The zero-order valence-corrected chi connectivity index (χ0v) is 15.7. The van der Waals surface area contributed by atoms with Crippen LogP contribution in [0.25, 0.3) is 11.0 Å². The van der Waals surface area contributed by atoms with Gasteiger partial charge >= 0.3 is 6.18 Å². The Balaban J connectivity index is 1.36. The molecule has 0 aliphatic heterocycles. The predicted octanol–water partition coefficient (Wildman–Crippen LogP) is 4.86. The minimum Gasteiger partial charge on any atom is -0.363 e. The van der Waals surface area contributed by atoms with Gasteiger partial charge in [0, 0.05) is 36.0 Å². The van der Waals surface area contributed by atoms with Crippen molar-refractivity contribution in [3.05, 3.63) is 89.4 Å². The summed E-state index contributed by atoms with van der Waals surface area (Å²) in [4.78, 5) is 23.9. The Morgan fingerprint density at radius 3 is 2.53 bits per heavy atom. The molecule has 0 atom stereocenters. The van der Waals surface area contributed by atoms with Gasteiger partial charge in [-0.1, -0.05) is 18.2 Å². The minimum absolute atomic E-state index is 0.0637. The third-order valence-electron chi connectivity index (χ3n) is 4.72. The number of aromatic nitrogens is 3. The van der Waals surface area contributed by atoms with Crippen molar-refractivity contribution >= 4 is 22.6 Å². The molecule has 0 aliphatic rings. The maximum atomic E-state index is 12.6. The maximum Gasteiger partial charge on any atom is 0.416 e. The largest absolute Gasteiger partial charge is 0.416 e. The number of rotatable bonds is 6. The highest BCUT2D eigenvalue weighted by Gasteiger charge is 2.30. The molecule has 0 saturated carbocycles. The number of ketones is 1. The summed E-state index contributed by atoms with van der Waals surface area (Å²) < 4.78 is 37.8. The van der Waals surface area contributed by atoms with Crippen LogP contribution in [-0.4, -0.2) is 27.3 Å². The van der Waals surface area contributed by atoms with Gasteiger partial charge in [-0.15, -0.1) is 0 Å². The standard InChI is InChI=1S/C22H17F3N4O/c23-22(24,25)17-6-4-15(5-7-17)19(30)13-28-20-8-3-14(11-27-20)10-16-12-29-21-18(16)2-1-9-26-21/h1-9,11-12H,10,13H2,(H,26,29)(H,27,28). The number of benzene rings is 1. The molecule has 3 aromatic heterocycles. The molecule has 0 radical (unpaired) electrons. The lowest BCUT2D eigenvalue weighted by atomic mass is 10.1. The van der Waals surface area contributed by atoms with Crippen LogP contribution in [0.4, 0.5) is 19.0 Å². The second kappa shape index (κ2) is 7.98. The average molecular weight is 410 g/mol.